The van der Waals surface area contributed by atoms with E-state index in [0.717, 1.165) is 0 Å². The lowest BCUT2D eigenvalue weighted by molar-refractivity contribution is 0.808. The molecule has 0 aromatic heterocycles. The summed E-state index contributed by atoms with van der Waals surface area (Å²) in [5.74, 6) is 1.26. The number of hydrogen-bond acceptors (Lipinski definition) is 0. The zero-order valence-electron chi connectivity index (χ0n) is 33.7. The van der Waals surface area contributed by atoms with E-state index in [9.17, 15) is 0 Å². The van der Waals surface area contributed by atoms with Gasteiger partial charge in [0, 0.05) is 0 Å². The fourth-order valence-corrected chi connectivity index (χ4v) is 10.5. The molecule has 0 aliphatic carbocycles. The Kier molecular flexibility index (Phi) is 7.55. The van der Waals surface area contributed by atoms with Crippen molar-refractivity contribution in [1.82, 2.24) is 0 Å². The summed E-state index contributed by atoms with van der Waals surface area (Å²) in [6, 6.07) is 57.9. The molecule has 0 heteroatoms. The van der Waals surface area contributed by atoms with Crippen molar-refractivity contribution in [2.75, 3.05) is 0 Å². The molecule has 0 saturated heterocycles. The first-order valence-corrected chi connectivity index (χ1v) is 20.9. The van der Waals surface area contributed by atoms with Gasteiger partial charge in [0.15, 0.2) is 0 Å². The quantitative estimate of drug-likeness (QED) is 0.149. The normalized spacial score (nSPS) is 12.5. The summed E-state index contributed by atoms with van der Waals surface area (Å²) in [7, 11) is 0. The van der Waals surface area contributed by atoms with Crippen LogP contribution >= 0.6 is 0 Å². The first kappa shape index (κ1) is 34.0. The molecule has 0 aliphatic rings. The summed E-state index contributed by atoms with van der Waals surface area (Å²) in [6.45, 7) is 14.1. The van der Waals surface area contributed by atoms with Crippen molar-refractivity contribution in [2.45, 2.75) is 59.3 Å². The summed E-state index contributed by atoms with van der Waals surface area (Å²) < 4.78 is 0. The SMILES string of the molecule is CC(C)c1cc(C(C)C)c(-c2ccc3c4c(-c5ccccc5)c5cc6c7ccccc7c7cccc(c5c(-c5ccccc5)c4c4cccc2c34)c76)c(C(C)C)c1. The molecule has 0 saturated carbocycles. The van der Waals surface area contributed by atoms with Crippen molar-refractivity contribution < 1.29 is 0 Å². The summed E-state index contributed by atoms with van der Waals surface area (Å²) >= 11 is 0. The Balaban J connectivity index is 1.40. The second-order valence-electron chi connectivity index (χ2n) is 17.3. The molecule has 11 aromatic rings. The van der Waals surface area contributed by atoms with Crippen molar-refractivity contribution in [2.24, 2.45) is 0 Å². The molecule has 0 unspecified atom stereocenters. The minimum atomic E-state index is 0.396. The fraction of sp³-hybridized carbons (Fsp3) is 0.158. The van der Waals surface area contributed by atoms with Gasteiger partial charge in [-0.15, -0.1) is 0 Å². The van der Waals surface area contributed by atoms with Gasteiger partial charge in [-0.3, -0.25) is 0 Å². The van der Waals surface area contributed by atoms with Crippen LogP contribution in [0.2, 0.25) is 0 Å². The smallest absolute Gasteiger partial charge is 0.000719 e. The van der Waals surface area contributed by atoms with Crippen molar-refractivity contribution in [1.29, 1.82) is 0 Å². The average Bonchev–Trinajstić information content (AvgIpc) is 3.74. The Morgan fingerprint density at radius 3 is 1.37 bits per heavy atom. The molecule has 0 N–H and O–H groups in total. The summed E-state index contributed by atoms with van der Waals surface area (Å²) in [5.41, 5.74) is 12.3. The molecule has 274 valence electrons. The van der Waals surface area contributed by atoms with Gasteiger partial charge < -0.3 is 0 Å². The van der Waals surface area contributed by atoms with Crippen molar-refractivity contribution in [3.05, 3.63) is 168 Å². The van der Waals surface area contributed by atoms with Gasteiger partial charge in [0.2, 0.25) is 0 Å². The monoisotopic (exact) mass is 730 g/mol. The van der Waals surface area contributed by atoms with E-state index >= 15 is 0 Å². The van der Waals surface area contributed by atoms with Crippen LogP contribution in [-0.2, 0) is 0 Å². The lowest BCUT2D eigenvalue weighted by Gasteiger charge is -2.24. The van der Waals surface area contributed by atoms with E-state index in [2.05, 4.69) is 193 Å². The van der Waals surface area contributed by atoms with Crippen molar-refractivity contribution in [3.63, 3.8) is 0 Å². The fourth-order valence-electron chi connectivity index (χ4n) is 10.5. The minimum absolute atomic E-state index is 0.396. The van der Waals surface area contributed by atoms with Gasteiger partial charge in [-0.1, -0.05) is 187 Å². The molecular weight excluding hydrogens is 685 g/mol. The lowest BCUT2D eigenvalue weighted by atomic mass is 9.80. The molecule has 0 atom stereocenters. The Labute approximate surface area is 335 Å². The summed E-state index contributed by atoms with van der Waals surface area (Å²) in [6.07, 6.45) is 0. The standard InChI is InChI=1S/C57H46/c1-32(2)37-29-46(33(3)4)54(47(30-37)34(5)6)42-27-28-45-52-41(42)24-16-26-44(52)57-51(36-19-11-8-12-20-36)55-43-25-15-23-40-38-21-13-14-22-39(38)48(53(40)43)31-49(55)50(56(45)57)35-17-9-7-10-18-35/h7-34H,1-6H3. The Morgan fingerprint density at radius 2 is 0.754 bits per heavy atom. The highest BCUT2D eigenvalue weighted by Crippen LogP contribution is 2.55. The van der Waals surface area contributed by atoms with Crippen LogP contribution in [0.3, 0.4) is 0 Å². The maximum absolute atomic E-state index is 2.54. The largest absolute Gasteiger partial charge is 0.0622 e. The molecule has 0 heterocycles. The highest BCUT2D eigenvalue weighted by molar-refractivity contribution is 6.45. The molecule has 0 spiro atoms. The van der Waals surface area contributed by atoms with Crippen molar-refractivity contribution in [3.8, 4) is 33.4 Å². The van der Waals surface area contributed by atoms with Gasteiger partial charge in [-0.05, 0) is 149 Å². The molecule has 0 bridgehead atoms. The van der Waals surface area contributed by atoms with Crippen LogP contribution in [-0.4, -0.2) is 0 Å². The van der Waals surface area contributed by atoms with Gasteiger partial charge in [-0.2, -0.15) is 0 Å². The van der Waals surface area contributed by atoms with Crippen molar-refractivity contribution >= 4 is 75.4 Å². The second-order valence-corrected chi connectivity index (χ2v) is 17.3. The van der Waals surface area contributed by atoms with Crippen LogP contribution in [0, 0.1) is 0 Å². The third-order valence-corrected chi connectivity index (χ3v) is 13.0. The maximum atomic E-state index is 2.54. The Bertz CT molecular complexity index is 3310. The van der Waals surface area contributed by atoms with E-state index in [1.54, 1.807) is 0 Å². The summed E-state index contributed by atoms with van der Waals surface area (Å²) in [4.78, 5) is 0. The minimum Gasteiger partial charge on any atom is -0.0622 e. The highest BCUT2D eigenvalue weighted by Gasteiger charge is 2.28. The van der Waals surface area contributed by atoms with Gasteiger partial charge in [-0.25, -0.2) is 0 Å². The third-order valence-electron chi connectivity index (χ3n) is 13.0. The van der Waals surface area contributed by atoms with Gasteiger partial charge in [0.25, 0.3) is 0 Å². The van der Waals surface area contributed by atoms with Crippen LogP contribution in [0.15, 0.2) is 152 Å². The molecule has 57 heavy (non-hydrogen) atoms. The zero-order chi connectivity index (χ0) is 38.7. The van der Waals surface area contributed by atoms with Gasteiger partial charge in [0.1, 0.15) is 0 Å². The lowest BCUT2D eigenvalue weighted by Crippen LogP contribution is -2.04. The third kappa shape index (κ3) is 4.80. The predicted octanol–water partition coefficient (Wildman–Crippen LogP) is 17.0. The molecule has 11 rings (SSSR count). The first-order chi connectivity index (χ1) is 27.8. The molecule has 0 radical (unpaired) electrons. The molecular formula is C57H46. The molecule has 0 nitrogen and oxygen atoms in total. The Hall–Kier alpha value is -6.24. The van der Waals surface area contributed by atoms with Crippen LogP contribution in [0.1, 0.15) is 76.0 Å². The van der Waals surface area contributed by atoms with E-state index in [1.165, 1.54) is 125 Å². The first-order valence-electron chi connectivity index (χ1n) is 20.9. The number of hydrogen-bond donors (Lipinski definition) is 0. The maximum Gasteiger partial charge on any atom is -0.000719 e. The van der Waals surface area contributed by atoms with Gasteiger partial charge >= 0.3 is 0 Å². The van der Waals surface area contributed by atoms with E-state index in [0.29, 0.717) is 17.8 Å². The molecule has 0 aliphatic heterocycles. The molecule has 0 amide bonds. The number of fused-ring (bicyclic) bond motifs is 8. The molecule has 11 aromatic carbocycles. The van der Waals surface area contributed by atoms with E-state index < -0.39 is 0 Å². The van der Waals surface area contributed by atoms with Crippen LogP contribution < -0.4 is 0 Å². The van der Waals surface area contributed by atoms with Crippen LogP contribution in [0.25, 0.3) is 109 Å². The highest BCUT2D eigenvalue weighted by atomic mass is 14.3. The summed E-state index contributed by atoms with van der Waals surface area (Å²) in [5, 5.41) is 18.7. The van der Waals surface area contributed by atoms with Crippen LogP contribution in [0.4, 0.5) is 0 Å². The van der Waals surface area contributed by atoms with E-state index in [1.807, 2.05) is 0 Å². The Morgan fingerprint density at radius 1 is 0.281 bits per heavy atom. The number of benzene rings is 9. The van der Waals surface area contributed by atoms with E-state index in [4.69, 9.17) is 0 Å². The molecule has 0 fully saturated rings. The predicted molar refractivity (Wildman–Crippen MR) is 250 cm³/mol. The van der Waals surface area contributed by atoms with Gasteiger partial charge in [0.05, 0.1) is 0 Å². The topological polar surface area (TPSA) is 0 Å². The zero-order valence-corrected chi connectivity index (χ0v) is 33.7. The van der Waals surface area contributed by atoms with E-state index in [-0.39, 0.29) is 0 Å². The van der Waals surface area contributed by atoms with Crippen LogP contribution in [0.5, 0.6) is 0 Å². The average molecular weight is 731 g/mol. The number of rotatable bonds is 6. The second kappa shape index (κ2) is 12.6.